The number of rotatable bonds is 4. The van der Waals surface area contributed by atoms with E-state index in [0.29, 0.717) is 17.5 Å². The Hall–Kier alpha value is -4.35. The average Bonchev–Trinajstić information content (AvgIpc) is 3.42. The summed E-state index contributed by atoms with van der Waals surface area (Å²) >= 11 is 1.87. The predicted molar refractivity (Wildman–Crippen MR) is 195 cm³/mol. The maximum absolute atomic E-state index is 4.97. The second-order valence-electron chi connectivity index (χ2n) is 11.0. The number of fused-ring (bicyclic) bond motifs is 3. The molecule has 3 nitrogen and oxygen atoms in total. The summed E-state index contributed by atoms with van der Waals surface area (Å²) in [6.07, 6.45) is 0. The van der Waals surface area contributed by atoms with Crippen LogP contribution >= 0.6 is 11.3 Å². The highest BCUT2D eigenvalue weighted by Gasteiger charge is 2.18. The molecule has 194 valence electrons. The minimum atomic E-state index is 0.674. The molecule has 0 bridgehead atoms. The Labute approximate surface area is 254 Å². The molecule has 9 heteroatoms. The van der Waals surface area contributed by atoms with Crippen LogP contribution < -0.4 is 27.3 Å². The molecule has 7 aromatic rings. The lowest BCUT2D eigenvalue weighted by Gasteiger charge is -2.20. The van der Waals surface area contributed by atoms with Crippen LogP contribution in [0, 0.1) is 0 Å². The van der Waals surface area contributed by atoms with Gasteiger partial charge in [-0.1, -0.05) is 89.8 Å². The predicted octanol–water partition coefficient (Wildman–Crippen LogP) is 0.200. The Morgan fingerprint density at radius 1 is 0.452 bits per heavy atom. The number of hydrogen-bond donors (Lipinski definition) is 0. The summed E-state index contributed by atoms with van der Waals surface area (Å²) in [6, 6.07) is 33.6. The Balaban J connectivity index is 1.43. The maximum Gasteiger partial charge on any atom is 0.164 e. The van der Waals surface area contributed by atoms with E-state index >= 15 is 0 Å². The Morgan fingerprint density at radius 2 is 0.976 bits per heavy atom. The van der Waals surface area contributed by atoms with E-state index in [1.807, 2.05) is 72.0 Å². The van der Waals surface area contributed by atoms with Crippen LogP contribution in [-0.2, 0) is 0 Å². The van der Waals surface area contributed by atoms with E-state index in [1.54, 1.807) is 0 Å². The zero-order valence-electron chi connectivity index (χ0n) is 24.5. The molecule has 0 spiro atoms. The van der Waals surface area contributed by atoms with Crippen LogP contribution in [0.2, 0.25) is 0 Å². The van der Waals surface area contributed by atoms with E-state index in [-0.39, 0.29) is 0 Å². The van der Waals surface area contributed by atoms with E-state index in [0.717, 1.165) is 16.7 Å². The van der Waals surface area contributed by atoms with E-state index in [2.05, 4.69) is 75.6 Å². The largest absolute Gasteiger partial charge is 0.208 e. The standard InChI is InChI=1S/C33H26B5N3S/c34-25-24(26(35)28(37)29(38)27(25)36)21-13-7-12-20-22-16-19(14-15-23(22)42-30(20)21)33-40-31(17-8-3-1-4-9-17)39-32(41-33)18-10-5-2-6-11-18/h1-16H,34-38H2. The van der Waals surface area contributed by atoms with Crippen molar-refractivity contribution in [2.24, 2.45) is 0 Å². The topological polar surface area (TPSA) is 38.7 Å². The van der Waals surface area contributed by atoms with Gasteiger partial charge in [0.15, 0.2) is 17.5 Å². The number of aromatic nitrogens is 3. The Bertz CT molecular complexity index is 2060. The fraction of sp³-hybridized carbons (Fsp3) is 0. The molecule has 0 aliphatic carbocycles. The lowest BCUT2D eigenvalue weighted by atomic mass is 9.59. The van der Waals surface area contributed by atoms with Gasteiger partial charge in [0.25, 0.3) is 0 Å². The summed E-state index contributed by atoms with van der Waals surface area (Å²) < 4.78 is 2.58. The van der Waals surface area contributed by atoms with Crippen LogP contribution in [0.15, 0.2) is 97.1 Å². The molecule has 42 heavy (non-hydrogen) atoms. The summed E-state index contributed by atoms with van der Waals surface area (Å²) in [4.78, 5) is 14.8. The van der Waals surface area contributed by atoms with Gasteiger partial charge in [0.1, 0.15) is 39.2 Å². The van der Waals surface area contributed by atoms with Gasteiger partial charge in [-0.2, -0.15) is 0 Å². The molecule has 0 radical (unpaired) electrons. The molecular formula is C33H26B5N3S. The molecule has 0 atom stereocenters. The first-order valence-corrected chi connectivity index (χ1v) is 15.1. The smallest absolute Gasteiger partial charge is 0.164 e. The number of thiophene rings is 1. The van der Waals surface area contributed by atoms with Gasteiger partial charge in [0.2, 0.25) is 0 Å². The van der Waals surface area contributed by atoms with Gasteiger partial charge in [-0.15, -0.1) is 27.7 Å². The highest BCUT2D eigenvalue weighted by molar-refractivity contribution is 7.26. The molecule has 2 aromatic heterocycles. The normalized spacial score (nSPS) is 11.3. The number of benzene rings is 5. The van der Waals surface area contributed by atoms with Crippen LogP contribution in [0.5, 0.6) is 0 Å². The van der Waals surface area contributed by atoms with E-state index < -0.39 is 0 Å². The molecule has 0 aliphatic rings. The first-order valence-electron chi connectivity index (χ1n) is 14.3. The average molecular weight is 551 g/mol. The third-order valence-electron chi connectivity index (χ3n) is 8.72. The van der Waals surface area contributed by atoms with Crippen molar-refractivity contribution in [2.75, 3.05) is 0 Å². The van der Waals surface area contributed by atoms with E-state index in [9.17, 15) is 0 Å². The van der Waals surface area contributed by atoms with Crippen molar-refractivity contribution >= 4 is 98.1 Å². The summed E-state index contributed by atoms with van der Waals surface area (Å²) in [5.74, 6) is 2.03. The summed E-state index contributed by atoms with van der Waals surface area (Å²) in [7, 11) is 11.3. The lowest BCUT2D eigenvalue weighted by Crippen LogP contribution is -2.55. The van der Waals surface area contributed by atoms with Crippen molar-refractivity contribution < 1.29 is 0 Å². The van der Waals surface area contributed by atoms with Gasteiger partial charge in [-0.25, -0.2) is 15.0 Å². The summed E-state index contributed by atoms with van der Waals surface area (Å²) in [5, 5.41) is 2.50. The van der Waals surface area contributed by atoms with Gasteiger partial charge < -0.3 is 0 Å². The molecule has 0 N–H and O–H groups in total. The molecule has 0 unspecified atom stereocenters. The fourth-order valence-corrected chi connectivity index (χ4v) is 7.18. The maximum atomic E-state index is 4.97. The zero-order chi connectivity index (χ0) is 29.0. The fourth-order valence-electron chi connectivity index (χ4n) is 5.98. The van der Waals surface area contributed by atoms with Crippen LogP contribution in [0.25, 0.3) is 65.5 Å². The van der Waals surface area contributed by atoms with Crippen LogP contribution in [0.3, 0.4) is 0 Å². The second kappa shape index (κ2) is 10.5. The third kappa shape index (κ3) is 4.40. The van der Waals surface area contributed by atoms with Gasteiger partial charge in [0.05, 0.1) is 0 Å². The minimum Gasteiger partial charge on any atom is -0.208 e. The van der Waals surface area contributed by atoms with Gasteiger partial charge in [0, 0.05) is 36.9 Å². The zero-order valence-corrected chi connectivity index (χ0v) is 25.3. The van der Waals surface area contributed by atoms with Crippen molar-refractivity contribution in [3.8, 4) is 45.3 Å². The Kier molecular flexibility index (Phi) is 6.63. The van der Waals surface area contributed by atoms with Crippen molar-refractivity contribution in [3.05, 3.63) is 97.1 Å². The highest BCUT2D eigenvalue weighted by atomic mass is 32.1. The minimum absolute atomic E-state index is 0.674. The molecule has 5 aromatic carbocycles. The van der Waals surface area contributed by atoms with Crippen molar-refractivity contribution in [1.29, 1.82) is 0 Å². The SMILES string of the molecule is Bc1c(B)c(B)c(-c2cccc3c2sc2ccc(-c4nc(-c5ccccc5)nc(-c5ccccc5)n4)cc23)c(B)c1B. The molecular weight excluding hydrogens is 525 g/mol. The lowest BCUT2D eigenvalue weighted by molar-refractivity contribution is 1.07. The summed E-state index contributed by atoms with van der Waals surface area (Å²) in [5.41, 5.74) is 12.5. The van der Waals surface area contributed by atoms with Crippen LogP contribution in [-0.4, -0.2) is 54.2 Å². The van der Waals surface area contributed by atoms with Crippen molar-refractivity contribution in [2.45, 2.75) is 0 Å². The molecule has 2 heterocycles. The third-order valence-corrected chi connectivity index (χ3v) is 9.94. The molecule has 0 saturated carbocycles. The molecule has 0 aliphatic heterocycles. The quantitative estimate of drug-likeness (QED) is 0.294. The van der Waals surface area contributed by atoms with Gasteiger partial charge in [-0.05, 0) is 29.3 Å². The first kappa shape index (κ1) is 26.5. The first-order chi connectivity index (χ1) is 20.4. The van der Waals surface area contributed by atoms with Crippen LogP contribution in [0.1, 0.15) is 0 Å². The van der Waals surface area contributed by atoms with E-state index in [1.165, 1.54) is 58.6 Å². The number of nitrogens with zero attached hydrogens (tertiary/aromatic N) is 3. The molecule has 0 fully saturated rings. The van der Waals surface area contributed by atoms with Crippen molar-refractivity contribution in [3.63, 3.8) is 0 Å². The molecule has 0 saturated heterocycles. The monoisotopic (exact) mass is 551 g/mol. The van der Waals surface area contributed by atoms with Gasteiger partial charge >= 0.3 is 0 Å². The molecule has 7 rings (SSSR count). The molecule has 0 amide bonds. The van der Waals surface area contributed by atoms with Crippen molar-refractivity contribution in [1.82, 2.24) is 15.0 Å². The summed E-state index contributed by atoms with van der Waals surface area (Å²) in [6.45, 7) is 0. The Morgan fingerprint density at radius 3 is 1.55 bits per heavy atom. The highest BCUT2D eigenvalue weighted by Crippen LogP contribution is 2.40. The van der Waals surface area contributed by atoms with E-state index in [4.69, 9.17) is 15.0 Å². The second-order valence-corrected chi connectivity index (χ2v) is 12.1. The number of hydrogen-bond acceptors (Lipinski definition) is 4. The van der Waals surface area contributed by atoms with Crippen LogP contribution in [0.4, 0.5) is 0 Å². The van der Waals surface area contributed by atoms with Gasteiger partial charge in [-0.3, -0.25) is 0 Å².